The van der Waals surface area contributed by atoms with Crippen molar-refractivity contribution < 1.29 is 9.47 Å². The number of methoxy groups -OCH3 is 2. The van der Waals surface area contributed by atoms with Crippen LogP contribution in [0.1, 0.15) is 24.0 Å². The third-order valence-corrected chi connectivity index (χ3v) is 3.60. The fraction of sp³-hybridized carbons (Fsp3) is 0.222. The molecule has 0 spiro atoms. The quantitative estimate of drug-likeness (QED) is 0.793. The van der Waals surface area contributed by atoms with E-state index in [2.05, 4.69) is 25.6 Å². The van der Waals surface area contributed by atoms with E-state index in [4.69, 9.17) is 9.47 Å². The van der Waals surface area contributed by atoms with Gasteiger partial charge >= 0.3 is 0 Å². The SMILES string of the molecule is C=C(c1ccc(OC)cc1)[C@H](C)c1ccc(OC)cc1. The Bertz CT molecular complexity index is 567. The molecule has 0 fully saturated rings. The minimum atomic E-state index is 0.259. The number of rotatable bonds is 5. The molecule has 0 aliphatic heterocycles. The lowest BCUT2D eigenvalue weighted by molar-refractivity contribution is 0.414. The summed E-state index contributed by atoms with van der Waals surface area (Å²) in [6, 6.07) is 16.1. The molecule has 0 radical (unpaired) electrons. The van der Waals surface area contributed by atoms with Gasteiger partial charge in [-0.05, 0) is 41.0 Å². The van der Waals surface area contributed by atoms with Crippen LogP contribution < -0.4 is 9.47 Å². The molecule has 0 bridgehead atoms. The number of hydrogen-bond donors (Lipinski definition) is 0. The van der Waals surface area contributed by atoms with Crippen molar-refractivity contribution in [2.75, 3.05) is 14.2 Å². The highest BCUT2D eigenvalue weighted by atomic mass is 16.5. The topological polar surface area (TPSA) is 18.5 Å². The summed E-state index contributed by atoms with van der Waals surface area (Å²) >= 11 is 0. The second-order valence-corrected chi connectivity index (χ2v) is 4.75. The van der Waals surface area contributed by atoms with Crippen molar-refractivity contribution in [3.63, 3.8) is 0 Å². The first-order valence-corrected chi connectivity index (χ1v) is 6.63. The van der Waals surface area contributed by atoms with E-state index in [-0.39, 0.29) is 5.92 Å². The maximum atomic E-state index is 5.18. The Morgan fingerprint density at radius 1 is 0.850 bits per heavy atom. The molecule has 2 rings (SSSR count). The zero-order chi connectivity index (χ0) is 14.5. The van der Waals surface area contributed by atoms with Crippen LogP contribution in [-0.2, 0) is 0 Å². The van der Waals surface area contributed by atoms with E-state index >= 15 is 0 Å². The van der Waals surface area contributed by atoms with Crippen molar-refractivity contribution in [3.8, 4) is 11.5 Å². The first kappa shape index (κ1) is 14.2. The van der Waals surface area contributed by atoms with Crippen LogP contribution in [-0.4, -0.2) is 14.2 Å². The molecule has 104 valence electrons. The Balaban J connectivity index is 2.17. The highest BCUT2D eigenvalue weighted by molar-refractivity contribution is 5.69. The van der Waals surface area contributed by atoms with Gasteiger partial charge in [-0.3, -0.25) is 0 Å². The van der Waals surface area contributed by atoms with Gasteiger partial charge in [0.15, 0.2) is 0 Å². The van der Waals surface area contributed by atoms with E-state index in [1.807, 2.05) is 36.4 Å². The molecule has 0 heterocycles. The van der Waals surface area contributed by atoms with Gasteiger partial charge in [0.05, 0.1) is 14.2 Å². The summed E-state index contributed by atoms with van der Waals surface area (Å²) in [6.07, 6.45) is 0. The van der Waals surface area contributed by atoms with Crippen LogP contribution in [0.2, 0.25) is 0 Å². The maximum Gasteiger partial charge on any atom is 0.118 e. The molecule has 2 aromatic rings. The van der Waals surface area contributed by atoms with Gasteiger partial charge in [-0.1, -0.05) is 37.8 Å². The van der Waals surface area contributed by atoms with Gasteiger partial charge in [0.2, 0.25) is 0 Å². The molecule has 0 aliphatic carbocycles. The second kappa shape index (κ2) is 6.29. The van der Waals surface area contributed by atoms with Crippen molar-refractivity contribution in [3.05, 3.63) is 66.2 Å². The van der Waals surface area contributed by atoms with Crippen LogP contribution >= 0.6 is 0 Å². The van der Waals surface area contributed by atoms with Crippen molar-refractivity contribution >= 4 is 5.57 Å². The summed E-state index contributed by atoms with van der Waals surface area (Å²) in [7, 11) is 3.35. The summed E-state index contributed by atoms with van der Waals surface area (Å²) in [5.74, 6) is 1.99. The van der Waals surface area contributed by atoms with Crippen molar-refractivity contribution in [1.29, 1.82) is 0 Å². The first-order valence-electron chi connectivity index (χ1n) is 6.63. The van der Waals surface area contributed by atoms with Gasteiger partial charge < -0.3 is 9.47 Å². The largest absolute Gasteiger partial charge is 0.497 e. The molecule has 0 saturated heterocycles. The molecule has 0 amide bonds. The van der Waals surface area contributed by atoms with Crippen LogP contribution in [0.15, 0.2) is 55.1 Å². The minimum absolute atomic E-state index is 0.259. The molecular weight excluding hydrogens is 248 g/mol. The minimum Gasteiger partial charge on any atom is -0.497 e. The Kier molecular flexibility index (Phi) is 4.46. The number of ether oxygens (including phenoxy) is 2. The third kappa shape index (κ3) is 3.02. The number of benzene rings is 2. The third-order valence-electron chi connectivity index (χ3n) is 3.60. The van der Waals surface area contributed by atoms with E-state index in [0.717, 1.165) is 22.6 Å². The first-order chi connectivity index (χ1) is 9.65. The predicted octanol–water partition coefficient (Wildman–Crippen LogP) is 4.52. The van der Waals surface area contributed by atoms with Gasteiger partial charge in [0.1, 0.15) is 11.5 Å². The summed E-state index contributed by atoms with van der Waals surface area (Å²) in [6.45, 7) is 6.39. The van der Waals surface area contributed by atoms with Crippen molar-refractivity contribution in [1.82, 2.24) is 0 Å². The van der Waals surface area contributed by atoms with Gasteiger partial charge in [0, 0.05) is 5.92 Å². The average Bonchev–Trinajstić information content (AvgIpc) is 2.53. The summed E-state index contributed by atoms with van der Waals surface area (Å²) in [5.41, 5.74) is 3.46. The average molecular weight is 268 g/mol. The Hall–Kier alpha value is -2.22. The smallest absolute Gasteiger partial charge is 0.118 e. The van der Waals surface area contributed by atoms with Crippen molar-refractivity contribution in [2.45, 2.75) is 12.8 Å². The molecule has 2 aromatic carbocycles. The highest BCUT2D eigenvalue weighted by Gasteiger charge is 2.11. The van der Waals surface area contributed by atoms with Gasteiger partial charge in [-0.25, -0.2) is 0 Å². The number of hydrogen-bond acceptors (Lipinski definition) is 2. The standard InChI is InChI=1S/C18H20O2/c1-13(15-5-9-17(19-3)10-6-15)14(2)16-7-11-18(20-4)12-8-16/h5-12,14H,1H2,2-4H3/t14-/m0/s1. The summed E-state index contributed by atoms with van der Waals surface area (Å²) in [4.78, 5) is 0. The molecule has 0 unspecified atom stereocenters. The van der Waals surface area contributed by atoms with Crippen LogP contribution in [0.4, 0.5) is 0 Å². The fourth-order valence-corrected chi connectivity index (χ4v) is 2.15. The Labute approximate surface area is 120 Å². The molecule has 20 heavy (non-hydrogen) atoms. The molecular formula is C18H20O2. The van der Waals surface area contributed by atoms with E-state index < -0.39 is 0 Å². The molecule has 0 N–H and O–H groups in total. The van der Waals surface area contributed by atoms with Crippen LogP contribution in [0, 0.1) is 0 Å². The predicted molar refractivity (Wildman–Crippen MR) is 83.4 cm³/mol. The highest BCUT2D eigenvalue weighted by Crippen LogP contribution is 2.31. The van der Waals surface area contributed by atoms with Crippen molar-refractivity contribution in [2.24, 2.45) is 0 Å². The molecule has 2 nitrogen and oxygen atoms in total. The lowest BCUT2D eigenvalue weighted by Crippen LogP contribution is -1.97. The lowest BCUT2D eigenvalue weighted by atomic mass is 9.89. The van der Waals surface area contributed by atoms with Gasteiger partial charge in [-0.2, -0.15) is 0 Å². The lowest BCUT2D eigenvalue weighted by Gasteiger charge is -2.16. The van der Waals surface area contributed by atoms with Crippen LogP contribution in [0.3, 0.4) is 0 Å². The zero-order valence-electron chi connectivity index (χ0n) is 12.2. The second-order valence-electron chi connectivity index (χ2n) is 4.75. The van der Waals surface area contributed by atoms with E-state index in [9.17, 15) is 0 Å². The van der Waals surface area contributed by atoms with Crippen LogP contribution in [0.25, 0.3) is 5.57 Å². The molecule has 0 aromatic heterocycles. The summed E-state index contributed by atoms with van der Waals surface area (Å²) < 4.78 is 10.4. The Morgan fingerprint density at radius 2 is 1.30 bits per heavy atom. The molecule has 0 saturated carbocycles. The monoisotopic (exact) mass is 268 g/mol. The summed E-state index contributed by atoms with van der Waals surface area (Å²) in [5, 5.41) is 0. The van der Waals surface area contributed by atoms with Gasteiger partial charge in [0.25, 0.3) is 0 Å². The fourth-order valence-electron chi connectivity index (χ4n) is 2.15. The van der Waals surface area contributed by atoms with E-state index in [0.29, 0.717) is 0 Å². The molecule has 1 atom stereocenters. The normalized spacial score (nSPS) is 11.8. The number of allylic oxidation sites excluding steroid dienone is 1. The molecule has 0 aliphatic rings. The Morgan fingerprint density at radius 3 is 1.75 bits per heavy atom. The van der Waals surface area contributed by atoms with Gasteiger partial charge in [-0.15, -0.1) is 0 Å². The molecule has 2 heteroatoms. The maximum absolute atomic E-state index is 5.18. The van der Waals surface area contributed by atoms with E-state index in [1.54, 1.807) is 14.2 Å². The van der Waals surface area contributed by atoms with Crippen LogP contribution in [0.5, 0.6) is 11.5 Å². The van der Waals surface area contributed by atoms with E-state index in [1.165, 1.54) is 5.56 Å². The zero-order valence-corrected chi connectivity index (χ0v) is 12.2.